The minimum Gasteiger partial charge on any atom is -0.427 e. The van der Waals surface area contributed by atoms with E-state index >= 15 is 0 Å². The van der Waals surface area contributed by atoms with Gasteiger partial charge in [-0.1, -0.05) is 38.1 Å². The van der Waals surface area contributed by atoms with Crippen LogP contribution in [0.25, 0.3) is 11.1 Å². The fourth-order valence-corrected chi connectivity index (χ4v) is 2.20. The SMILES string of the molecule is CCCC(=O)Oc1ccc(-c2ccc(OC(=O)CCC)cc2)cc1. The molecule has 0 aliphatic carbocycles. The molecule has 2 rings (SSSR count). The third-order valence-corrected chi connectivity index (χ3v) is 3.41. The van der Waals surface area contributed by atoms with Crippen LogP contribution >= 0.6 is 0 Å². The van der Waals surface area contributed by atoms with Gasteiger partial charge in [0, 0.05) is 12.8 Å². The van der Waals surface area contributed by atoms with Crippen molar-refractivity contribution in [1.29, 1.82) is 0 Å². The maximum Gasteiger partial charge on any atom is 0.311 e. The second-order valence-corrected chi connectivity index (χ2v) is 5.50. The summed E-state index contributed by atoms with van der Waals surface area (Å²) in [5.74, 6) is 0.650. The maximum absolute atomic E-state index is 11.5. The van der Waals surface area contributed by atoms with E-state index in [1.807, 2.05) is 38.1 Å². The Kier molecular flexibility index (Phi) is 6.55. The van der Waals surface area contributed by atoms with Gasteiger partial charge < -0.3 is 9.47 Å². The number of carbonyl (C=O) groups excluding carboxylic acids is 2. The number of rotatable bonds is 7. The van der Waals surface area contributed by atoms with Gasteiger partial charge in [0.1, 0.15) is 11.5 Å². The molecule has 0 saturated heterocycles. The quantitative estimate of drug-likeness (QED) is 0.543. The van der Waals surface area contributed by atoms with E-state index in [4.69, 9.17) is 9.47 Å². The Hall–Kier alpha value is -2.62. The van der Waals surface area contributed by atoms with Gasteiger partial charge >= 0.3 is 11.9 Å². The van der Waals surface area contributed by atoms with E-state index in [2.05, 4.69) is 0 Å². The summed E-state index contributed by atoms with van der Waals surface area (Å²) in [6, 6.07) is 14.7. The molecule has 4 nitrogen and oxygen atoms in total. The van der Waals surface area contributed by atoms with Crippen LogP contribution in [0.5, 0.6) is 11.5 Å². The van der Waals surface area contributed by atoms with E-state index in [-0.39, 0.29) is 11.9 Å². The summed E-state index contributed by atoms with van der Waals surface area (Å²) in [6.45, 7) is 3.88. The highest BCUT2D eigenvalue weighted by atomic mass is 16.5. The van der Waals surface area contributed by atoms with Crippen molar-refractivity contribution in [3.05, 3.63) is 48.5 Å². The lowest BCUT2D eigenvalue weighted by atomic mass is 10.1. The molecule has 2 aromatic carbocycles. The highest BCUT2D eigenvalue weighted by Crippen LogP contribution is 2.25. The molecule has 0 aliphatic heterocycles. The standard InChI is InChI=1S/C20H22O4/c1-3-5-19(21)23-17-11-7-15(8-12-17)16-9-13-18(14-10-16)24-20(22)6-4-2/h7-14H,3-6H2,1-2H3. The Bertz CT molecular complexity index is 610. The molecule has 2 aromatic rings. The number of hydrogen-bond acceptors (Lipinski definition) is 4. The van der Waals surface area contributed by atoms with E-state index < -0.39 is 0 Å². The largest absolute Gasteiger partial charge is 0.427 e. The molecule has 0 radical (unpaired) electrons. The first-order valence-corrected chi connectivity index (χ1v) is 8.24. The Labute approximate surface area is 142 Å². The number of carbonyl (C=O) groups is 2. The van der Waals surface area contributed by atoms with Crippen LogP contribution in [0.2, 0.25) is 0 Å². The zero-order valence-electron chi connectivity index (χ0n) is 14.1. The van der Waals surface area contributed by atoms with E-state index in [9.17, 15) is 9.59 Å². The zero-order chi connectivity index (χ0) is 17.4. The summed E-state index contributed by atoms with van der Waals surface area (Å²) in [5.41, 5.74) is 1.99. The molecule has 0 bridgehead atoms. The summed E-state index contributed by atoms with van der Waals surface area (Å²) in [4.78, 5) is 23.0. The van der Waals surface area contributed by atoms with Crippen molar-refractivity contribution in [3.63, 3.8) is 0 Å². The third kappa shape index (κ3) is 5.23. The van der Waals surface area contributed by atoms with Crippen LogP contribution in [0.4, 0.5) is 0 Å². The van der Waals surface area contributed by atoms with Crippen LogP contribution in [0.3, 0.4) is 0 Å². The molecule has 126 valence electrons. The zero-order valence-corrected chi connectivity index (χ0v) is 14.1. The van der Waals surface area contributed by atoms with E-state index in [1.165, 1.54) is 0 Å². The van der Waals surface area contributed by atoms with Crippen LogP contribution in [0.1, 0.15) is 39.5 Å². The summed E-state index contributed by atoms with van der Waals surface area (Å²) in [5, 5.41) is 0. The van der Waals surface area contributed by atoms with Gasteiger partial charge in [-0.3, -0.25) is 9.59 Å². The van der Waals surface area contributed by atoms with Gasteiger partial charge in [0.2, 0.25) is 0 Å². The van der Waals surface area contributed by atoms with Crippen LogP contribution in [0.15, 0.2) is 48.5 Å². The second-order valence-electron chi connectivity index (χ2n) is 5.50. The molecule has 0 saturated carbocycles. The summed E-state index contributed by atoms with van der Waals surface area (Å²) in [6.07, 6.45) is 2.37. The normalized spacial score (nSPS) is 10.2. The molecule has 0 N–H and O–H groups in total. The molecular formula is C20H22O4. The third-order valence-electron chi connectivity index (χ3n) is 3.41. The highest BCUT2D eigenvalue weighted by molar-refractivity contribution is 5.74. The summed E-state index contributed by atoms with van der Waals surface area (Å²) in [7, 11) is 0. The van der Waals surface area contributed by atoms with Crippen molar-refractivity contribution < 1.29 is 19.1 Å². The van der Waals surface area contributed by atoms with E-state index in [0.29, 0.717) is 24.3 Å². The molecule has 0 heterocycles. The van der Waals surface area contributed by atoms with Crippen LogP contribution in [-0.4, -0.2) is 11.9 Å². The fourth-order valence-electron chi connectivity index (χ4n) is 2.20. The van der Waals surface area contributed by atoms with Gasteiger partial charge in [-0.05, 0) is 48.2 Å². The van der Waals surface area contributed by atoms with Crippen molar-refractivity contribution in [2.75, 3.05) is 0 Å². The first kappa shape index (κ1) is 17.7. The lowest BCUT2D eigenvalue weighted by Gasteiger charge is -2.07. The number of ether oxygens (including phenoxy) is 2. The smallest absolute Gasteiger partial charge is 0.311 e. The lowest BCUT2D eigenvalue weighted by molar-refractivity contribution is -0.135. The van der Waals surface area contributed by atoms with Crippen molar-refractivity contribution in [2.24, 2.45) is 0 Å². The average Bonchev–Trinajstić information content (AvgIpc) is 2.57. The lowest BCUT2D eigenvalue weighted by Crippen LogP contribution is -2.06. The van der Waals surface area contributed by atoms with Gasteiger partial charge in [0.25, 0.3) is 0 Å². The van der Waals surface area contributed by atoms with Crippen molar-refractivity contribution in [2.45, 2.75) is 39.5 Å². The van der Waals surface area contributed by atoms with E-state index in [1.54, 1.807) is 24.3 Å². The predicted molar refractivity (Wildman–Crippen MR) is 93.0 cm³/mol. The molecule has 0 unspecified atom stereocenters. The molecule has 0 amide bonds. The minimum atomic E-state index is -0.219. The molecule has 24 heavy (non-hydrogen) atoms. The number of esters is 2. The average molecular weight is 326 g/mol. The Balaban J connectivity index is 2.01. The Morgan fingerprint density at radius 2 is 1.00 bits per heavy atom. The fraction of sp³-hybridized carbons (Fsp3) is 0.300. The maximum atomic E-state index is 11.5. The van der Waals surface area contributed by atoms with Crippen molar-refractivity contribution in [3.8, 4) is 22.6 Å². The summed E-state index contributed by atoms with van der Waals surface area (Å²) < 4.78 is 10.5. The van der Waals surface area contributed by atoms with Crippen molar-refractivity contribution in [1.82, 2.24) is 0 Å². The highest BCUT2D eigenvalue weighted by Gasteiger charge is 2.06. The Morgan fingerprint density at radius 1 is 0.667 bits per heavy atom. The molecule has 0 fully saturated rings. The molecule has 4 heteroatoms. The first-order valence-electron chi connectivity index (χ1n) is 8.24. The first-order chi connectivity index (χ1) is 11.6. The summed E-state index contributed by atoms with van der Waals surface area (Å²) >= 11 is 0. The molecule has 0 aromatic heterocycles. The molecular weight excluding hydrogens is 304 g/mol. The molecule has 0 atom stereocenters. The molecule has 0 aliphatic rings. The Morgan fingerprint density at radius 3 is 1.29 bits per heavy atom. The molecule has 0 spiro atoms. The van der Waals surface area contributed by atoms with Crippen LogP contribution < -0.4 is 9.47 Å². The predicted octanol–water partition coefficient (Wildman–Crippen LogP) is 4.76. The van der Waals surface area contributed by atoms with Crippen LogP contribution in [-0.2, 0) is 9.59 Å². The van der Waals surface area contributed by atoms with Crippen molar-refractivity contribution >= 4 is 11.9 Å². The van der Waals surface area contributed by atoms with Crippen LogP contribution in [0, 0.1) is 0 Å². The topological polar surface area (TPSA) is 52.6 Å². The van der Waals surface area contributed by atoms with E-state index in [0.717, 1.165) is 24.0 Å². The number of hydrogen-bond donors (Lipinski definition) is 0. The van der Waals surface area contributed by atoms with Gasteiger partial charge in [-0.25, -0.2) is 0 Å². The minimum absolute atomic E-state index is 0.219. The van der Waals surface area contributed by atoms with Gasteiger partial charge in [0.15, 0.2) is 0 Å². The monoisotopic (exact) mass is 326 g/mol. The van der Waals surface area contributed by atoms with Gasteiger partial charge in [0.05, 0.1) is 0 Å². The number of benzene rings is 2. The van der Waals surface area contributed by atoms with Gasteiger partial charge in [-0.15, -0.1) is 0 Å². The van der Waals surface area contributed by atoms with Gasteiger partial charge in [-0.2, -0.15) is 0 Å². The second kappa shape index (κ2) is 8.87.